The van der Waals surface area contributed by atoms with E-state index in [1.54, 1.807) is 16.8 Å². The average Bonchev–Trinajstić information content (AvgIpc) is 3.26. The molecule has 208 valence electrons. The molecule has 4 aliphatic heterocycles. The Morgan fingerprint density at radius 3 is 2.36 bits per heavy atom. The number of fused-ring (bicyclic) bond motifs is 2. The number of likely N-dealkylation sites (tertiary alicyclic amines) is 1. The van der Waals surface area contributed by atoms with Crippen molar-refractivity contribution in [1.82, 2.24) is 14.7 Å². The molecular formula is C31H39N3O5. The van der Waals surface area contributed by atoms with Crippen LogP contribution in [0, 0.1) is 11.8 Å². The number of aliphatic hydroxyl groups excluding tert-OH is 1. The second kappa shape index (κ2) is 9.89. The first-order chi connectivity index (χ1) is 18.9. The number of hydrogen-bond donors (Lipinski definition) is 1. The first-order valence-electron chi connectivity index (χ1n) is 14.5. The van der Waals surface area contributed by atoms with Crippen LogP contribution in [-0.2, 0) is 19.1 Å². The summed E-state index contributed by atoms with van der Waals surface area (Å²) in [6, 6.07) is 7.75. The van der Waals surface area contributed by atoms with Crippen molar-refractivity contribution >= 4 is 17.7 Å². The number of aliphatic hydroxyl groups is 1. The van der Waals surface area contributed by atoms with Crippen molar-refractivity contribution in [2.75, 3.05) is 26.7 Å². The topological polar surface area (TPSA) is 90.4 Å². The first-order valence-corrected chi connectivity index (χ1v) is 14.5. The van der Waals surface area contributed by atoms with Crippen LogP contribution in [0.25, 0.3) is 0 Å². The monoisotopic (exact) mass is 533 g/mol. The first kappa shape index (κ1) is 26.3. The largest absolute Gasteiger partial charge is 0.394 e. The molecule has 1 aromatic carbocycles. The molecular weight excluding hydrogens is 494 g/mol. The lowest BCUT2D eigenvalue weighted by Gasteiger charge is -2.42. The van der Waals surface area contributed by atoms with E-state index < -0.39 is 35.1 Å². The highest BCUT2D eigenvalue weighted by molar-refractivity contribution is 6.00. The fourth-order valence-electron chi connectivity index (χ4n) is 7.93. The van der Waals surface area contributed by atoms with Gasteiger partial charge in [-0.2, -0.15) is 0 Å². The van der Waals surface area contributed by atoms with Crippen LogP contribution in [0.5, 0.6) is 0 Å². The number of nitrogens with zero attached hydrogens (tertiary/aromatic N) is 3. The Morgan fingerprint density at radius 2 is 1.67 bits per heavy atom. The van der Waals surface area contributed by atoms with Crippen molar-refractivity contribution in [3.63, 3.8) is 0 Å². The van der Waals surface area contributed by atoms with E-state index in [1.807, 2.05) is 66.5 Å². The molecule has 8 nitrogen and oxygen atoms in total. The number of hydrogen-bond acceptors (Lipinski definition) is 5. The second-order valence-corrected chi connectivity index (χ2v) is 11.8. The normalized spacial score (nSPS) is 35.5. The van der Waals surface area contributed by atoms with Crippen molar-refractivity contribution in [3.8, 4) is 0 Å². The lowest BCUT2D eigenvalue weighted by atomic mass is 9.73. The van der Waals surface area contributed by atoms with Crippen molar-refractivity contribution in [1.29, 1.82) is 0 Å². The predicted octanol–water partition coefficient (Wildman–Crippen LogP) is 2.84. The van der Waals surface area contributed by atoms with Gasteiger partial charge in [0, 0.05) is 26.2 Å². The van der Waals surface area contributed by atoms with Crippen molar-refractivity contribution < 1.29 is 24.2 Å². The van der Waals surface area contributed by atoms with Crippen LogP contribution >= 0.6 is 0 Å². The van der Waals surface area contributed by atoms with Gasteiger partial charge in [-0.05, 0) is 24.8 Å². The van der Waals surface area contributed by atoms with Crippen LogP contribution in [0.1, 0.15) is 57.1 Å². The summed E-state index contributed by atoms with van der Waals surface area (Å²) < 4.78 is 7.02. The maximum atomic E-state index is 14.7. The maximum absolute atomic E-state index is 14.7. The highest BCUT2D eigenvalue weighted by Gasteiger charge is 2.76. The van der Waals surface area contributed by atoms with Crippen LogP contribution in [0.2, 0.25) is 0 Å². The number of rotatable bonds is 5. The minimum absolute atomic E-state index is 0.103. The van der Waals surface area contributed by atoms with Gasteiger partial charge in [-0.1, -0.05) is 80.8 Å². The summed E-state index contributed by atoms with van der Waals surface area (Å²) in [5.74, 6) is -2.23. The highest BCUT2D eigenvalue weighted by Crippen LogP contribution is 2.59. The smallest absolute Gasteiger partial charge is 0.249 e. The molecule has 6 atom stereocenters. The number of benzene rings is 1. The Hall–Kier alpha value is -2.97. The third-order valence-corrected chi connectivity index (χ3v) is 9.82. The molecule has 1 saturated carbocycles. The molecule has 5 aliphatic rings. The van der Waals surface area contributed by atoms with Crippen molar-refractivity contribution in [2.24, 2.45) is 11.8 Å². The molecule has 3 fully saturated rings. The van der Waals surface area contributed by atoms with Crippen LogP contribution in [0.15, 0.2) is 54.6 Å². The molecule has 8 heteroatoms. The molecule has 1 aliphatic carbocycles. The standard InChI is InChI=1S/C31H39N3O5/c1-3-30-16-10-18-32(2)27(36)24(30)25-28(37)34(23(20-35)21-12-6-4-7-13-21)26-29(38)33(22-14-8-5-9-15-22)19-11-17-31(25,26)39-30/h4,6-7,10-13,16-17,22-26,35H,3,5,8-9,14-15,18-20H2,1-2H3/t23-,24+,25+,26?,30-,31+/m1/s1. The van der Waals surface area contributed by atoms with E-state index >= 15 is 0 Å². The van der Waals surface area contributed by atoms with Crippen LogP contribution in [0.3, 0.4) is 0 Å². The van der Waals surface area contributed by atoms with E-state index in [-0.39, 0.29) is 30.4 Å². The van der Waals surface area contributed by atoms with Gasteiger partial charge in [-0.25, -0.2) is 0 Å². The molecule has 6 rings (SSSR count). The van der Waals surface area contributed by atoms with Crippen LogP contribution in [-0.4, -0.2) is 87.6 Å². The van der Waals surface area contributed by atoms with Gasteiger partial charge in [0.25, 0.3) is 0 Å². The SMILES string of the molecule is CC[C@@]12C=CCN(C)C(=O)[C@@H]1[C@H]1C(=O)N([C@H](CO)c3ccccc3)C3C(=O)N(C4CCCCC4)CC=C[C@@]31O2. The maximum Gasteiger partial charge on any atom is 0.249 e. The number of ether oxygens (including phenoxy) is 1. The number of carbonyl (C=O) groups excluding carboxylic acids is 3. The Bertz CT molecular complexity index is 1190. The molecule has 0 bridgehead atoms. The lowest BCUT2D eigenvalue weighted by Crippen LogP contribution is -2.58. The number of likely N-dealkylation sites (N-methyl/N-ethyl adjacent to an activating group) is 1. The Morgan fingerprint density at radius 1 is 0.949 bits per heavy atom. The fourth-order valence-corrected chi connectivity index (χ4v) is 7.93. The molecule has 39 heavy (non-hydrogen) atoms. The molecule has 2 saturated heterocycles. The van der Waals surface area contributed by atoms with Gasteiger partial charge < -0.3 is 24.5 Å². The van der Waals surface area contributed by atoms with E-state index in [9.17, 15) is 19.5 Å². The van der Waals surface area contributed by atoms with Crippen LogP contribution < -0.4 is 0 Å². The summed E-state index contributed by atoms with van der Waals surface area (Å²) in [5, 5.41) is 10.7. The Kier molecular flexibility index (Phi) is 6.66. The fraction of sp³-hybridized carbons (Fsp3) is 0.581. The van der Waals surface area contributed by atoms with Gasteiger partial charge >= 0.3 is 0 Å². The third kappa shape index (κ3) is 3.82. The summed E-state index contributed by atoms with van der Waals surface area (Å²) in [6.07, 6.45) is 13.5. The van der Waals surface area contributed by atoms with E-state index in [1.165, 1.54) is 6.42 Å². The number of carbonyl (C=O) groups is 3. The molecule has 0 radical (unpaired) electrons. The van der Waals surface area contributed by atoms with Gasteiger partial charge in [0.15, 0.2) is 0 Å². The molecule has 1 N–H and O–H groups in total. The Labute approximate surface area is 230 Å². The van der Waals surface area contributed by atoms with E-state index in [0.29, 0.717) is 19.5 Å². The minimum atomic E-state index is -1.31. The van der Waals surface area contributed by atoms with E-state index in [4.69, 9.17) is 4.74 Å². The van der Waals surface area contributed by atoms with Gasteiger partial charge in [0.05, 0.1) is 30.1 Å². The van der Waals surface area contributed by atoms with Gasteiger partial charge in [-0.15, -0.1) is 0 Å². The quantitative estimate of drug-likeness (QED) is 0.588. The highest BCUT2D eigenvalue weighted by atomic mass is 16.5. The van der Waals surface area contributed by atoms with E-state index in [0.717, 1.165) is 31.2 Å². The summed E-state index contributed by atoms with van der Waals surface area (Å²) in [4.78, 5) is 48.4. The summed E-state index contributed by atoms with van der Waals surface area (Å²) >= 11 is 0. The van der Waals surface area contributed by atoms with Gasteiger partial charge in [0.2, 0.25) is 17.7 Å². The zero-order valence-corrected chi connectivity index (χ0v) is 22.9. The predicted molar refractivity (Wildman–Crippen MR) is 145 cm³/mol. The lowest BCUT2D eigenvalue weighted by molar-refractivity contribution is -0.158. The molecule has 4 heterocycles. The summed E-state index contributed by atoms with van der Waals surface area (Å²) in [5.41, 5.74) is -1.54. The summed E-state index contributed by atoms with van der Waals surface area (Å²) in [6.45, 7) is 2.52. The molecule has 1 aromatic rings. The van der Waals surface area contributed by atoms with Gasteiger partial charge in [-0.3, -0.25) is 14.4 Å². The minimum Gasteiger partial charge on any atom is -0.394 e. The average molecular weight is 534 g/mol. The molecule has 1 unspecified atom stereocenters. The summed E-state index contributed by atoms with van der Waals surface area (Å²) in [7, 11) is 1.75. The molecule has 0 aromatic heterocycles. The van der Waals surface area contributed by atoms with Crippen molar-refractivity contribution in [2.45, 2.75) is 74.8 Å². The zero-order chi connectivity index (χ0) is 27.4. The Balaban J connectivity index is 1.53. The second-order valence-electron chi connectivity index (χ2n) is 11.8. The van der Waals surface area contributed by atoms with Crippen LogP contribution in [0.4, 0.5) is 0 Å². The van der Waals surface area contributed by atoms with Crippen molar-refractivity contribution in [3.05, 3.63) is 60.2 Å². The number of amides is 3. The zero-order valence-electron chi connectivity index (χ0n) is 22.9. The van der Waals surface area contributed by atoms with Gasteiger partial charge in [0.1, 0.15) is 11.6 Å². The third-order valence-electron chi connectivity index (χ3n) is 9.82. The van der Waals surface area contributed by atoms with E-state index in [2.05, 4.69) is 0 Å². The molecule has 3 amide bonds. The molecule has 1 spiro atoms.